The lowest BCUT2D eigenvalue weighted by Gasteiger charge is -2.38. The first-order chi connectivity index (χ1) is 13.4. The molecule has 0 radical (unpaired) electrons. The summed E-state index contributed by atoms with van der Waals surface area (Å²) in [6.45, 7) is 5.57. The van der Waals surface area contributed by atoms with Crippen LogP contribution in [0.3, 0.4) is 0 Å². The van der Waals surface area contributed by atoms with E-state index >= 15 is 0 Å². The molecule has 0 unspecified atom stereocenters. The second-order valence-corrected chi connectivity index (χ2v) is 10.3. The van der Waals surface area contributed by atoms with Gasteiger partial charge in [-0.1, -0.05) is 29.8 Å². The van der Waals surface area contributed by atoms with E-state index in [0.29, 0.717) is 17.1 Å². The lowest BCUT2D eigenvalue weighted by molar-refractivity contribution is -0.120. The number of carbonyl (C=O) groups excluding carboxylic acids is 1. The number of sulfonamides is 1. The Labute approximate surface area is 176 Å². The van der Waals surface area contributed by atoms with Crippen LogP contribution in [0.1, 0.15) is 37.4 Å². The fourth-order valence-corrected chi connectivity index (χ4v) is 4.52. The Bertz CT molecular complexity index is 1040. The summed E-state index contributed by atoms with van der Waals surface area (Å²) >= 11 is 6.00. The van der Waals surface area contributed by atoms with Crippen molar-refractivity contribution in [2.75, 3.05) is 17.1 Å². The predicted octanol–water partition coefficient (Wildman–Crippen LogP) is 3.83. The highest BCUT2D eigenvalue weighted by Crippen LogP contribution is 2.39. The number of anilines is 1. The SMILES string of the molecule is Cc1ccc2c(c1)OC(C)(C)C[C@@H]2NC(=O)CN(c1cccc(Cl)c1)S(C)(=O)=O. The van der Waals surface area contributed by atoms with Crippen molar-refractivity contribution in [3.05, 3.63) is 58.6 Å². The van der Waals surface area contributed by atoms with Crippen molar-refractivity contribution in [2.45, 2.75) is 38.8 Å². The van der Waals surface area contributed by atoms with Crippen molar-refractivity contribution < 1.29 is 17.9 Å². The Balaban J connectivity index is 1.84. The second-order valence-electron chi connectivity index (χ2n) is 7.98. The van der Waals surface area contributed by atoms with Crippen molar-refractivity contribution in [2.24, 2.45) is 0 Å². The van der Waals surface area contributed by atoms with E-state index in [2.05, 4.69) is 5.32 Å². The van der Waals surface area contributed by atoms with Crippen LogP contribution in [-0.4, -0.2) is 32.7 Å². The van der Waals surface area contributed by atoms with E-state index in [9.17, 15) is 13.2 Å². The van der Waals surface area contributed by atoms with E-state index < -0.39 is 21.5 Å². The van der Waals surface area contributed by atoms with Crippen LogP contribution in [0.25, 0.3) is 0 Å². The molecule has 156 valence electrons. The first-order valence-corrected chi connectivity index (χ1v) is 11.5. The number of benzene rings is 2. The molecule has 0 fully saturated rings. The maximum Gasteiger partial charge on any atom is 0.241 e. The molecule has 0 aromatic heterocycles. The molecule has 29 heavy (non-hydrogen) atoms. The summed E-state index contributed by atoms with van der Waals surface area (Å²) in [4.78, 5) is 12.8. The maximum absolute atomic E-state index is 12.8. The molecule has 1 atom stereocenters. The van der Waals surface area contributed by atoms with Crippen LogP contribution in [0, 0.1) is 6.92 Å². The lowest BCUT2D eigenvalue weighted by atomic mass is 9.89. The van der Waals surface area contributed by atoms with E-state index in [0.717, 1.165) is 27.4 Å². The first kappa shape index (κ1) is 21.5. The number of nitrogens with one attached hydrogen (secondary N) is 1. The predicted molar refractivity (Wildman–Crippen MR) is 115 cm³/mol. The Morgan fingerprint density at radius 3 is 2.66 bits per heavy atom. The van der Waals surface area contributed by atoms with Gasteiger partial charge in [-0.25, -0.2) is 8.42 Å². The molecule has 1 amide bonds. The zero-order chi connectivity index (χ0) is 21.4. The molecule has 8 heteroatoms. The smallest absolute Gasteiger partial charge is 0.241 e. The van der Waals surface area contributed by atoms with E-state index in [4.69, 9.17) is 16.3 Å². The Morgan fingerprint density at radius 2 is 2.00 bits per heavy atom. The van der Waals surface area contributed by atoms with Gasteiger partial charge >= 0.3 is 0 Å². The molecular formula is C21H25ClN2O4S. The standard InChI is InChI=1S/C21H25ClN2O4S/c1-14-8-9-17-18(12-21(2,3)28-19(17)10-14)23-20(25)13-24(29(4,26)27)16-7-5-6-15(22)11-16/h5-11,18H,12-13H2,1-4H3,(H,23,25)/t18-/m0/s1. The van der Waals surface area contributed by atoms with Crippen molar-refractivity contribution in [1.29, 1.82) is 0 Å². The van der Waals surface area contributed by atoms with E-state index in [1.165, 1.54) is 6.07 Å². The van der Waals surface area contributed by atoms with Gasteiger partial charge in [-0.3, -0.25) is 9.10 Å². The van der Waals surface area contributed by atoms with Crippen LogP contribution in [-0.2, 0) is 14.8 Å². The number of aryl methyl sites for hydroxylation is 1. The fourth-order valence-electron chi connectivity index (χ4n) is 3.49. The zero-order valence-corrected chi connectivity index (χ0v) is 18.5. The van der Waals surface area contributed by atoms with Crippen LogP contribution in [0.2, 0.25) is 5.02 Å². The molecule has 3 rings (SSSR count). The van der Waals surface area contributed by atoms with Crippen molar-refractivity contribution in [1.82, 2.24) is 5.32 Å². The Hall–Kier alpha value is -2.25. The summed E-state index contributed by atoms with van der Waals surface area (Å²) in [6, 6.07) is 12.0. The topological polar surface area (TPSA) is 75.7 Å². The minimum absolute atomic E-state index is 0.275. The van der Waals surface area contributed by atoms with Crippen molar-refractivity contribution >= 4 is 33.2 Å². The summed E-state index contributed by atoms with van der Waals surface area (Å²) in [7, 11) is -3.67. The molecule has 2 aromatic carbocycles. The molecule has 1 N–H and O–H groups in total. The van der Waals surface area contributed by atoms with Gasteiger partial charge < -0.3 is 10.1 Å². The average molecular weight is 437 g/mol. The number of amides is 1. The molecular weight excluding hydrogens is 412 g/mol. The molecule has 1 aliphatic rings. The molecule has 0 saturated carbocycles. The third-order valence-electron chi connectivity index (χ3n) is 4.75. The summed E-state index contributed by atoms with van der Waals surface area (Å²) in [6.07, 6.45) is 1.64. The number of nitrogens with zero attached hydrogens (tertiary/aromatic N) is 1. The normalized spacial score (nSPS) is 17.8. The van der Waals surface area contributed by atoms with Crippen LogP contribution in [0.5, 0.6) is 5.75 Å². The third-order valence-corrected chi connectivity index (χ3v) is 6.12. The highest BCUT2D eigenvalue weighted by molar-refractivity contribution is 7.92. The Morgan fingerprint density at radius 1 is 1.28 bits per heavy atom. The largest absolute Gasteiger partial charge is 0.487 e. The minimum Gasteiger partial charge on any atom is -0.487 e. The summed E-state index contributed by atoms with van der Waals surface area (Å²) in [5.41, 5.74) is 1.84. The highest BCUT2D eigenvalue weighted by atomic mass is 35.5. The van der Waals surface area contributed by atoms with Gasteiger partial charge in [0.05, 0.1) is 18.0 Å². The number of rotatable bonds is 5. The summed E-state index contributed by atoms with van der Waals surface area (Å²) in [5.74, 6) is 0.339. The zero-order valence-electron chi connectivity index (χ0n) is 16.9. The monoisotopic (exact) mass is 436 g/mol. The lowest BCUT2D eigenvalue weighted by Crippen LogP contribution is -2.45. The molecule has 0 spiro atoms. The van der Waals surface area contributed by atoms with Crippen LogP contribution >= 0.6 is 11.6 Å². The number of fused-ring (bicyclic) bond motifs is 1. The van der Waals surface area contributed by atoms with Gasteiger partial charge in [-0.2, -0.15) is 0 Å². The van der Waals surface area contributed by atoms with Gasteiger partial charge in [0.2, 0.25) is 15.9 Å². The van der Waals surface area contributed by atoms with Gasteiger partial charge in [0.1, 0.15) is 17.9 Å². The highest BCUT2D eigenvalue weighted by Gasteiger charge is 2.35. The molecule has 1 heterocycles. The fraction of sp³-hybridized carbons (Fsp3) is 0.381. The number of ether oxygens (including phenoxy) is 1. The molecule has 0 aliphatic carbocycles. The Kier molecular flexibility index (Phi) is 5.83. The quantitative estimate of drug-likeness (QED) is 0.772. The number of carbonyl (C=O) groups is 1. The molecule has 1 aliphatic heterocycles. The van der Waals surface area contributed by atoms with Crippen LogP contribution in [0.4, 0.5) is 5.69 Å². The van der Waals surface area contributed by atoms with Gasteiger partial charge in [0.15, 0.2) is 0 Å². The van der Waals surface area contributed by atoms with E-state index in [1.54, 1.807) is 18.2 Å². The number of hydrogen-bond acceptors (Lipinski definition) is 4. The average Bonchev–Trinajstić information content (AvgIpc) is 2.57. The van der Waals surface area contributed by atoms with E-state index in [1.807, 2.05) is 39.0 Å². The molecule has 0 saturated heterocycles. The first-order valence-electron chi connectivity index (χ1n) is 9.27. The third kappa shape index (κ3) is 5.22. The van der Waals surface area contributed by atoms with Gasteiger partial charge in [0.25, 0.3) is 0 Å². The van der Waals surface area contributed by atoms with Gasteiger partial charge in [0, 0.05) is 17.0 Å². The van der Waals surface area contributed by atoms with Crippen LogP contribution < -0.4 is 14.4 Å². The maximum atomic E-state index is 12.8. The molecule has 6 nitrogen and oxygen atoms in total. The summed E-state index contributed by atoms with van der Waals surface area (Å²) in [5, 5.41) is 3.37. The van der Waals surface area contributed by atoms with E-state index in [-0.39, 0.29) is 12.6 Å². The summed E-state index contributed by atoms with van der Waals surface area (Å²) < 4.78 is 31.7. The number of halogens is 1. The second kappa shape index (κ2) is 7.88. The number of hydrogen-bond donors (Lipinski definition) is 1. The van der Waals surface area contributed by atoms with Crippen LogP contribution in [0.15, 0.2) is 42.5 Å². The van der Waals surface area contributed by atoms with Gasteiger partial charge in [-0.05, 0) is 50.6 Å². The van der Waals surface area contributed by atoms with Crippen molar-refractivity contribution in [3.63, 3.8) is 0 Å². The van der Waals surface area contributed by atoms with Gasteiger partial charge in [-0.15, -0.1) is 0 Å². The molecule has 2 aromatic rings. The minimum atomic E-state index is -3.67. The molecule has 0 bridgehead atoms. The van der Waals surface area contributed by atoms with Crippen molar-refractivity contribution in [3.8, 4) is 5.75 Å².